The molecular formula is C25H37N5O7. The molecule has 8 N–H and O–H groups in total. The van der Waals surface area contributed by atoms with Crippen LogP contribution in [-0.2, 0) is 30.4 Å². The van der Waals surface area contributed by atoms with E-state index in [-0.39, 0.29) is 25.8 Å². The molecule has 0 radical (unpaired) electrons. The van der Waals surface area contributed by atoms with E-state index < -0.39 is 53.8 Å². The van der Waals surface area contributed by atoms with Gasteiger partial charge in [0.1, 0.15) is 18.1 Å². The van der Waals surface area contributed by atoms with Crippen molar-refractivity contribution < 1.29 is 34.2 Å². The predicted octanol–water partition coefficient (Wildman–Crippen LogP) is -0.405. The highest BCUT2D eigenvalue weighted by Gasteiger charge is 2.39. The Morgan fingerprint density at radius 1 is 1.00 bits per heavy atom. The standard InChI is InChI=1S/C25H37N5O7/c26-13-5-4-9-17(27)22(33)28-18(11-12-21(31)32)24(35)30-14-6-10-20(30)23(34)29-19(25(36)37)15-16-7-2-1-3-8-16/h1-3,7-8,17-20H,4-6,9-15,26-27H2,(H,28,33)(H,29,34)(H,31,32)(H,36,37). The number of carboxylic acids is 2. The number of carboxylic acid groups (broad SMARTS) is 2. The zero-order valence-corrected chi connectivity index (χ0v) is 20.8. The molecule has 1 aromatic carbocycles. The summed E-state index contributed by atoms with van der Waals surface area (Å²) in [7, 11) is 0. The first kappa shape index (κ1) is 29.7. The molecule has 1 fully saturated rings. The fraction of sp³-hybridized carbons (Fsp3) is 0.560. The minimum absolute atomic E-state index is 0.0713. The van der Waals surface area contributed by atoms with Crippen LogP contribution in [0, 0.1) is 0 Å². The molecule has 12 nitrogen and oxygen atoms in total. The first-order chi connectivity index (χ1) is 17.6. The first-order valence-corrected chi connectivity index (χ1v) is 12.5. The third kappa shape index (κ3) is 9.47. The van der Waals surface area contributed by atoms with Crippen LogP contribution in [0.4, 0.5) is 0 Å². The number of hydrogen-bond donors (Lipinski definition) is 6. The third-order valence-corrected chi connectivity index (χ3v) is 6.30. The van der Waals surface area contributed by atoms with Crippen LogP contribution in [0.15, 0.2) is 30.3 Å². The van der Waals surface area contributed by atoms with Crippen molar-refractivity contribution in [2.24, 2.45) is 11.5 Å². The molecule has 0 spiro atoms. The lowest BCUT2D eigenvalue weighted by atomic mass is 10.0. The van der Waals surface area contributed by atoms with E-state index in [1.165, 1.54) is 4.90 Å². The summed E-state index contributed by atoms with van der Waals surface area (Å²) in [5.74, 6) is -4.15. The molecule has 2 rings (SSSR count). The van der Waals surface area contributed by atoms with Crippen molar-refractivity contribution in [3.8, 4) is 0 Å². The molecule has 0 aliphatic carbocycles. The fourth-order valence-corrected chi connectivity index (χ4v) is 4.26. The Kier molecular flexibility index (Phi) is 12.0. The quantitative estimate of drug-likeness (QED) is 0.166. The van der Waals surface area contributed by atoms with E-state index in [4.69, 9.17) is 16.6 Å². The molecule has 1 heterocycles. The second kappa shape index (κ2) is 14.9. The summed E-state index contributed by atoms with van der Waals surface area (Å²) in [6, 6.07) is 4.64. The number of rotatable bonds is 15. The van der Waals surface area contributed by atoms with Crippen molar-refractivity contribution in [2.45, 2.75) is 75.5 Å². The zero-order chi connectivity index (χ0) is 27.4. The molecule has 0 saturated carbocycles. The van der Waals surface area contributed by atoms with Crippen LogP contribution >= 0.6 is 0 Å². The normalized spacial score (nSPS) is 17.5. The van der Waals surface area contributed by atoms with E-state index in [2.05, 4.69) is 10.6 Å². The number of nitrogens with zero attached hydrogens (tertiary/aromatic N) is 1. The molecule has 1 aromatic rings. The van der Waals surface area contributed by atoms with Gasteiger partial charge in [-0.25, -0.2) is 4.79 Å². The first-order valence-electron chi connectivity index (χ1n) is 12.5. The second-order valence-electron chi connectivity index (χ2n) is 9.16. The monoisotopic (exact) mass is 519 g/mol. The molecule has 1 aliphatic heterocycles. The number of nitrogens with one attached hydrogen (secondary N) is 2. The molecule has 1 aliphatic rings. The maximum atomic E-state index is 13.4. The minimum atomic E-state index is -1.21. The minimum Gasteiger partial charge on any atom is -0.481 e. The molecule has 0 bridgehead atoms. The number of aliphatic carboxylic acids is 2. The molecular weight excluding hydrogens is 482 g/mol. The summed E-state index contributed by atoms with van der Waals surface area (Å²) in [6.07, 6.45) is 2.01. The van der Waals surface area contributed by atoms with E-state index in [1.54, 1.807) is 30.3 Å². The summed E-state index contributed by atoms with van der Waals surface area (Å²) in [4.78, 5) is 63.2. The van der Waals surface area contributed by atoms with E-state index in [0.29, 0.717) is 38.6 Å². The van der Waals surface area contributed by atoms with Gasteiger partial charge in [0, 0.05) is 19.4 Å². The summed E-state index contributed by atoms with van der Waals surface area (Å²) in [6.45, 7) is 0.676. The van der Waals surface area contributed by atoms with Gasteiger partial charge in [-0.2, -0.15) is 0 Å². The van der Waals surface area contributed by atoms with Gasteiger partial charge in [-0.3, -0.25) is 19.2 Å². The lowest BCUT2D eigenvalue weighted by Crippen LogP contribution is -2.57. The Morgan fingerprint density at radius 2 is 1.70 bits per heavy atom. The van der Waals surface area contributed by atoms with E-state index in [1.807, 2.05) is 0 Å². The van der Waals surface area contributed by atoms with E-state index in [0.717, 1.165) is 5.56 Å². The van der Waals surface area contributed by atoms with Crippen LogP contribution in [0.3, 0.4) is 0 Å². The van der Waals surface area contributed by atoms with Crippen LogP contribution < -0.4 is 22.1 Å². The second-order valence-corrected chi connectivity index (χ2v) is 9.16. The topological polar surface area (TPSA) is 205 Å². The average molecular weight is 520 g/mol. The molecule has 37 heavy (non-hydrogen) atoms. The van der Waals surface area contributed by atoms with Gasteiger partial charge in [0.15, 0.2) is 0 Å². The fourth-order valence-electron chi connectivity index (χ4n) is 4.26. The number of carbonyl (C=O) groups excluding carboxylic acids is 3. The molecule has 4 unspecified atom stereocenters. The zero-order valence-electron chi connectivity index (χ0n) is 20.8. The Bertz CT molecular complexity index is 943. The van der Waals surface area contributed by atoms with Crippen molar-refractivity contribution in [3.63, 3.8) is 0 Å². The van der Waals surface area contributed by atoms with Crippen LogP contribution in [0.1, 0.15) is 50.5 Å². The molecule has 204 valence electrons. The Labute approximate surface area is 215 Å². The summed E-state index contributed by atoms with van der Waals surface area (Å²) >= 11 is 0. The molecule has 12 heteroatoms. The van der Waals surface area contributed by atoms with Crippen molar-refractivity contribution >= 4 is 29.7 Å². The van der Waals surface area contributed by atoms with Gasteiger partial charge in [-0.1, -0.05) is 36.8 Å². The molecule has 4 atom stereocenters. The van der Waals surface area contributed by atoms with Crippen molar-refractivity contribution in [1.82, 2.24) is 15.5 Å². The summed E-state index contributed by atoms with van der Waals surface area (Å²) in [5.41, 5.74) is 12.1. The maximum absolute atomic E-state index is 13.4. The number of amides is 3. The van der Waals surface area contributed by atoms with Gasteiger partial charge in [0.05, 0.1) is 6.04 Å². The lowest BCUT2D eigenvalue weighted by Gasteiger charge is -2.30. The van der Waals surface area contributed by atoms with Crippen LogP contribution in [0.25, 0.3) is 0 Å². The predicted molar refractivity (Wildman–Crippen MR) is 134 cm³/mol. The number of likely N-dealkylation sites (tertiary alicyclic amines) is 1. The highest BCUT2D eigenvalue weighted by molar-refractivity contribution is 5.94. The van der Waals surface area contributed by atoms with Gasteiger partial charge in [0.2, 0.25) is 17.7 Å². The number of nitrogens with two attached hydrogens (primary N) is 2. The number of hydrogen-bond acceptors (Lipinski definition) is 7. The van der Waals surface area contributed by atoms with Gasteiger partial charge in [0.25, 0.3) is 0 Å². The summed E-state index contributed by atoms with van der Waals surface area (Å²) < 4.78 is 0. The average Bonchev–Trinajstić information content (AvgIpc) is 3.36. The molecule has 3 amide bonds. The highest BCUT2D eigenvalue weighted by Crippen LogP contribution is 2.20. The Balaban J connectivity index is 2.10. The molecule has 0 aromatic heterocycles. The largest absolute Gasteiger partial charge is 0.481 e. The highest BCUT2D eigenvalue weighted by atomic mass is 16.4. The number of carbonyl (C=O) groups is 5. The number of benzene rings is 1. The molecule has 1 saturated heterocycles. The van der Waals surface area contributed by atoms with Crippen LogP contribution in [0.2, 0.25) is 0 Å². The van der Waals surface area contributed by atoms with Crippen molar-refractivity contribution in [1.29, 1.82) is 0 Å². The number of unbranched alkanes of at least 4 members (excludes halogenated alkanes) is 1. The van der Waals surface area contributed by atoms with Gasteiger partial charge in [-0.05, 0) is 44.2 Å². The smallest absolute Gasteiger partial charge is 0.326 e. The van der Waals surface area contributed by atoms with Gasteiger partial charge in [-0.15, -0.1) is 0 Å². The van der Waals surface area contributed by atoms with E-state index in [9.17, 15) is 29.1 Å². The van der Waals surface area contributed by atoms with E-state index >= 15 is 0 Å². The van der Waals surface area contributed by atoms with Crippen molar-refractivity contribution in [3.05, 3.63) is 35.9 Å². The van der Waals surface area contributed by atoms with Crippen molar-refractivity contribution in [2.75, 3.05) is 13.1 Å². The van der Waals surface area contributed by atoms with Gasteiger partial charge < -0.3 is 37.2 Å². The maximum Gasteiger partial charge on any atom is 0.326 e. The lowest BCUT2D eigenvalue weighted by molar-refractivity contribution is -0.145. The van der Waals surface area contributed by atoms with Gasteiger partial charge >= 0.3 is 11.9 Å². The summed E-state index contributed by atoms with van der Waals surface area (Å²) in [5, 5.41) is 23.8. The third-order valence-electron chi connectivity index (χ3n) is 6.30. The SMILES string of the molecule is NCCCCC(N)C(=O)NC(CCC(=O)O)C(=O)N1CCCC1C(=O)NC(Cc1ccccc1)C(=O)O. The van der Waals surface area contributed by atoms with Crippen LogP contribution in [-0.4, -0.2) is 82.0 Å². The Hall–Kier alpha value is -3.51. The van der Waals surface area contributed by atoms with Crippen LogP contribution in [0.5, 0.6) is 0 Å². The Morgan fingerprint density at radius 3 is 2.32 bits per heavy atom.